The van der Waals surface area contributed by atoms with Gasteiger partial charge < -0.3 is 5.32 Å². The number of likely N-dealkylation sites (N-methyl/N-ethyl adjacent to an activating group) is 1. The standard InChI is InChI=1S/C17H26BrFN2/c1-17(2,21-9-5-4-6-10-21)16(20-3)12-13-11-14(19)7-8-15(13)18/h7-8,11,16,20H,4-6,9-10,12H2,1-3H3. The van der Waals surface area contributed by atoms with Gasteiger partial charge in [0, 0.05) is 16.1 Å². The monoisotopic (exact) mass is 356 g/mol. The first-order valence-corrected chi connectivity index (χ1v) is 8.60. The molecule has 1 N–H and O–H groups in total. The first-order valence-electron chi connectivity index (χ1n) is 7.81. The van der Waals surface area contributed by atoms with Gasteiger partial charge in [-0.15, -0.1) is 0 Å². The van der Waals surface area contributed by atoms with E-state index in [0.29, 0.717) is 0 Å². The lowest BCUT2D eigenvalue weighted by Crippen LogP contribution is -2.59. The smallest absolute Gasteiger partial charge is 0.123 e. The lowest BCUT2D eigenvalue weighted by Gasteiger charge is -2.46. The number of benzene rings is 1. The van der Waals surface area contributed by atoms with Crippen molar-refractivity contribution in [2.45, 2.75) is 51.1 Å². The third-order valence-corrected chi connectivity index (χ3v) is 5.58. The van der Waals surface area contributed by atoms with E-state index in [9.17, 15) is 4.39 Å². The SMILES string of the molecule is CNC(Cc1cc(F)ccc1Br)C(C)(C)N1CCCCC1. The minimum absolute atomic E-state index is 0.0565. The van der Waals surface area contributed by atoms with Gasteiger partial charge in [-0.3, -0.25) is 4.90 Å². The van der Waals surface area contributed by atoms with Crippen LogP contribution >= 0.6 is 15.9 Å². The maximum atomic E-state index is 13.5. The Morgan fingerprint density at radius 2 is 1.95 bits per heavy atom. The van der Waals surface area contributed by atoms with Crippen molar-refractivity contribution in [1.29, 1.82) is 0 Å². The molecule has 2 nitrogen and oxygen atoms in total. The predicted octanol–water partition coefficient (Wildman–Crippen LogP) is 3.98. The molecule has 1 saturated heterocycles. The first kappa shape index (κ1) is 16.9. The Labute approximate surface area is 136 Å². The fraction of sp³-hybridized carbons (Fsp3) is 0.647. The van der Waals surface area contributed by atoms with E-state index in [1.54, 1.807) is 12.1 Å². The van der Waals surface area contributed by atoms with Crippen LogP contribution in [0.25, 0.3) is 0 Å². The van der Waals surface area contributed by atoms with Gasteiger partial charge in [-0.05, 0) is 77.0 Å². The van der Waals surface area contributed by atoms with Crippen molar-refractivity contribution < 1.29 is 4.39 Å². The summed E-state index contributed by atoms with van der Waals surface area (Å²) in [7, 11) is 2.00. The van der Waals surface area contributed by atoms with Crippen molar-refractivity contribution >= 4 is 15.9 Å². The van der Waals surface area contributed by atoms with Crippen molar-refractivity contribution in [2.75, 3.05) is 20.1 Å². The topological polar surface area (TPSA) is 15.3 Å². The number of hydrogen-bond donors (Lipinski definition) is 1. The molecule has 0 radical (unpaired) electrons. The van der Waals surface area contributed by atoms with E-state index in [4.69, 9.17) is 0 Å². The summed E-state index contributed by atoms with van der Waals surface area (Å²) >= 11 is 3.54. The summed E-state index contributed by atoms with van der Waals surface area (Å²) in [6.45, 7) is 6.92. The molecule has 0 aromatic heterocycles. The molecule has 1 atom stereocenters. The number of nitrogens with zero attached hydrogens (tertiary/aromatic N) is 1. The van der Waals surface area contributed by atoms with Gasteiger partial charge in [0.15, 0.2) is 0 Å². The van der Waals surface area contributed by atoms with Crippen LogP contribution in [0, 0.1) is 5.82 Å². The third-order valence-electron chi connectivity index (χ3n) is 4.80. The zero-order valence-electron chi connectivity index (χ0n) is 13.3. The van der Waals surface area contributed by atoms with Crippen LogP contribution in [0.3, 0.4) is 0 Å². The van der Waals surface area contributed by atoms with Gasteiger partial charge in [-0.25, -0.2) is 4.39 Å². The lowest BCUT2D eigenvalue weighted by atomic mass is 9.86. The van der Waals surface area contributed by atoms with Gasteiger partial charge in [0.1, 0.15) is 5.82 Å². The molecular weight excluding hydrogens is 331 g/mol. The van der Waals surface area contributed by atoms with Crippen molar-refractivity contribution in [1.82, 2.24) is 10.2 Å². The number of likely N-dealkylation sites (tertiary alicyclic amines) is 1. The Hall–Kier alpha value is -0.450. The van der Waals surface area contributed by atoms with Gasteiger partial charge in [-0.2, -0.15) is 0 Å². The molecule has 1 unspecified atom stereocenters. The van der Waals surface area contributed by atoms with Crippen LogP contribution in [0.4, 0.5) is 4.39 Å². The van der Waals surface area contributed by atoms with Crippen molar-refractivity contribution in [3.8, 4) is 0 Å². The normalized spacial score (nSPS) is 18.7. The Kier molecular flexibility index (Phi) is 5.81. The second-order valence-electron chi connectivity index (χ2n) is 6.48. The second-order valence-corrected chi connectivity index (χ2v) is 7.34. The molecular formula is C17H26BrFN2. The van der Waals surface area contributed by atoms with E-state index in [2.05, 4.69) is 40.0 Å². The number of piperidine rings is 1. The molecule has 1 heterocycles. The highest BCUT2D eigenvalue weighted by molar-refractivity contribution is 9.10. The highest BCUT2D eigenvalue weighted by atomic mass is 79.9. The minimum atomic E-state index is -0.168. The van der Waals surface area contributed by atoms with Crippen LogP contribution < -0.4 is 5.32 Å². The summed E-state index contributed by atoms with van der Waals surface area (Å²) in [6.07, 6.45) is 4.72. The van der Waals surface area contributed by atoms with E-state index in [1.165, 1.54) is 25.3 Å². The molecule has 1 aliphatic rings. The summed E-state index contributed by atoms with van der Waals surface area (Å²) in [5, 5.41) is 3.45. The fourth-order valence-electron chi connectivity index (χ4n) is 3.32. The Balaban J connectivity index is 2.16. The van der Waals surface area contributed by atoms with Crippen molar-refractivity contribution in [3.63, 3.8) is 0 Å². The number of rotatable bonds is 5. The van der Waals surface area contributed by atoms with Crippen LogP contribution in [0.1, 0.15) is 38.7 Å². The average Bonchev–Trinajstić information content (AvgIpc) is 2.48. The summed E-state index contributed by atoms with van der Waals surface area (Å²) in [6, 6.07) is 5.22. The zero-order valence-corrected chi connectivity index (χ0v) is 14.8. The Morgan fingerprint density at radius 3 is 2.57 bits per heavy atom. The second kappa shape index (κ2) is 7.21. The fourth-order valence-corrected chi connectivity index (χ4v) is 3.72. The molecule has 1 fully saturated rings. The number of nitrogens with one attached hydrogen (secondary N) is 1. The van der Waals surface area contributed by atoms with E-state index >= 15 is 0 Å². The van der Waals surface area contributed by atoms with Gasteiger partial charge in [0.2, 0.25) is 0 Å². The zero-order chi connectivity index (χ0) is 15.5. The van der Waals surface area contributed by atoms with Crippen molar-refractivity contribution in [3.05, 3.63) is 34.1 Å². The molecule has 0 amide bonds. The van der Waals surface area contributed by atoms with Gasteiger partial charge in [-0.1, -0.05) is 22.4 Å². The highest BCUT2D eigenvalue weighted by Crippen LogP contribution is 2.28. The van der Waals surface area contributed by atoms with E-state index in [0.717, 1.165) is 29.5 Å². The highest BCUT2D eigenvalue weighted by Gasteiger charge is 2.35. The molecule has 4 heteroatoms. The third kappa shape index (κ3) is 4.05. The van der Waals surface area contributed by atoms with Crippen LogP contribution in [0.5, 0.6) is 0 Å². The summed E-state index contributed by atoms with van der Waals surface area (Å²) in [5.74, 6) is -0.168. The molecule has 0 spiro atoms. The van der Waals surface area contributed by atoms with Crippen molar-refractivity contribution in [2.24, 2.45) is 0 Å². The molecule has 1 aromatic carbocycles. The van der Waals surface area contributed by atoms with Gasteiger partial charge in [0.25, 0.3) is 0 Å². The van der Waals surface area contributed by atoms with Crippen LogP contribution in [0.15, 0.2) is 22.7 Å². The lowest BCUT2D eigenvalue weighted by molar-refractivity contribution is 0.0635. The minimum Gasteiger partial charge on any atom is -0.315 e. The van der Waals surface area contributed by atoms with Crippen LogP contribution in [-0.2, 0) is 6.42 Å². The predicted molar refractivity (Wildman–Crippen MR) is 90.2 cm³/mol. The van der Waals surface area contributed by atoms with Gasteiger partial charge >= 0.3 is 0 Å². The Morgan fingerprint density at radius 1 is 1.29 bits per heavy atom. The molecule has 0 aliphatic carbocycles. The molecule has 118 valence electrons. The first-order chi connectivity index (χ1) is 9.95. The molecule has 1 aliphatic heterocycles. The van der Waals surface area contributed by atoms with E-state index in [1.807, 2.05) is 7.05 Å². The van der Waals surface area contributed by atoms with Crippen LogP contribution in [0.2, 0.25) is 0 Å². The number of hydrogen-bond acceptors (Lipinski definition) is 2. The summed E-state index contributed by atoms with van der Waals surface area (Å²) < 4.78 is 14.5. The Bertz CT molecular complexity index is 470. The summed E-state index contributed by atoms with van der Waals surface area (Å²) in [5.41, 5.74) is 1.08. The van der Waals surface area contributed by atoms with E-state index in [-0.39, 0.29) is 17.4 Å². The molecule has 0 bridgehead atoms. The maximum Gasteiger partial charge on any atom is 0.123 e. The molecule has 21 heavy (non-hydrogen) atoms. The maximum absolute atomic E-state index is 13.5. The van der Waals surface area contributed by atoms with Gasteiger partial charge in [0.05, 0.1) is 0 Å². The molecule has 0 saturated carbocycles. The summed E-state index contributed by atoms with van der Waals surface area (Å²) in [4.78, 5) is 2.57. The van der Waals surface area contributed by atoms with E-state index < -0.39 is 0 Å². The van der Waals surface area contributed by atoms with Crippen LogP contribution in [-0.4, -0.2) is 36.6 Å². The molecule has 2 rings (SSSR count). The quantitative estimate of drug-likeness (QED) is 0.858. The molecule has 1 aromatic rings. The average molecular weight is 357 g/mol. The largest absolute Gasteiger partial charge is 0.315 e. The number of halogens is 2.